The average Bonchev–Trinajstić information content (AvgIpc) is 2.65. The molecular weight excluding hydrogens is 244 g/mol. The number of nitrogens with zero attached hydrogens (tertiary/aromatic N) is 3. The fourth-order valence-electron chi connectivity index (χ4n) is 1.80. The number of thiazole rings is 1. The molecule has 0 fully saturated rings. The maximum absolute atomic E-state index is 4.43. The van der Waals surface area contributed by atoms with E-state index in [9.17, 15) is 0 Å². The Morgan fingerprint density at radius 1 is 1.33 bits per heavy atom. The molecule has 0 bridgehead atoms. The molecule has 2 heterocycles. The van der Waals surface area contributed by atoms with Gasteiger partial charge < -0.3 is 10.2 Å². The fraction of sp³-hybridized carbons (Fsp3) is 0.385. The van der Waals surface area contributed by atoms with E-state index in [0.29, 0.717) is 0 Å². The third-order valence-electron chi connectivity index (χ3n) is 2.65. The van der Waals surface area contributed by atoms with Gasteiger partial charge in [0.25, 0.3) is 0 Å². The maximum Gasteiger partial charge on any atom is 0.151 e. The van der Waals surface area contributed by atoms with Crippen LogP contribution >= 0.6 is 11.3 Å². The van der Waals surface area contributed by atoms with E-state index >= 15 is 0 Å². The van der Waals surface area contributed by atoms with E-state index in [-0.39, 0.29) is 0 Å². The molecular formula is C13H18N4S. The Bertz CT molecular complexity index is 534. The summed E-state index contributed by atoms with van der Waals surface area (Å²) in [5, 5.41) is 4.55. The summed E-state index contributed by atoms with van der Waals surface area (Å²) >= 11 is 1.74. The van der Waals surface area contributed by atoms with Crippen LogP contribution in [-0.2, 0) is 6.54 Å². The van der Waals surface area contributed by atoms with Crippen molar-refractivity contribution in [3.8, 4) is 0 Å². The van der Waals surface area contributed by atoms with Crippen LogP contribution in [0.5, 0.6) is 0 Å². The second-order valence-corrected chi connectivity index (χ2v) is 5.65. The van der Waals surface area contributed by atoms with Gasteiger partial charge in [-0.25, -0.2) is 9.97 Å². The molecule has 0 saturated heterocycles. The molecule has 1 N–H and O–H groups in total. The van der Waals surface area contributed by atoms with Gasteiger partial charge in [0.1, 0.15) is 0 Å². The fourth-order valence-corrected chi connectivity index (χ4v) is 2.68. The second kappa shape index (κ2) is 5.35. The zero-order valence-electron chi connectivity index (χ0n) is 11.2. The number of rotatable bonds is 4. The van der Waals surface area contributed by atoms with Crippen molar-refractivity contribution in [1.29, 1.82) is 0 Å². The molecule has 0 aliphatic carbocycles. The van der Waals surface area contributed by atoms with Crippen molar-refractivity contribution in [2.75, 3.05) is 24.3 Å². The van der Waals surface area contributed by atoms with Crippen LogP contribution in [0.4, 0.5) is 11.5 Å². The van der Waals surface area contributed by atoms with Gasteiger partial charge in [0.2, 0.25) is 0 Å². The van der Waals surface area contributed by atoms with Crippen LogP contribution in [0, 0.1) is 13.8 Å². The minimum absolute atomic E-state index is 0.796. The van der Waals surface area contributed by atoms with Gasteiger partial charge in [0, 0.05) is 25.2 Å². The summed E-state index contributed by atoms with van der Waals surface area (Å²) in [7, 11) is 3.99. The lowest BCUT2D eigenvalue weighted by atomic mass is 10.3. The second-order valence-electron chi connectivity index (χ2n) is 4.36. The molecule has 18 heavy (non-hydrogen) atoms. The molecule has 2 aromatic heterocycles. The Hall–Kier alpha value is -1.62. The molecule has 0 spiro atoms. The minimum Gasteiger partial charge on any atom is -0.377 e. The number of aryl methyl sites for hydroxylation is 2. The lowest BCUT2D eigenvalue weighted by molar-refractivity contribution is 1.05. The highest BCUT2D eigenvalue weighted by atomic mass is 32.1. The first kappa shape index (κ1) is 12.8. The summed E-state index contributed by atoms with van der Waals surface area (Å²) in [5.41, 5.74) is 2.16. The number of aromatic nitrogens is 2. The Morgan fingerprint density at radius 2 is 2.11 bits per heavy atom. The molecule has 0 aromatic carbocycles. The van der Waals surface area contributed by atoms with Gasteiger partial charge in [-0.15, -0.1) is 11.3 Å². The molecule has 96 valence electrons. The van der Waals surface area contributed by atoms with Crippen molar-refractivity contribution in [3.05, 3.63) is 33.9 Å². The van der Waals surface area contributed by atoms with Crippen LogP contribution in [0.2, 0.25) is 0 Å². The van der Waals surface area contributed by atoms with Crippen LogP contribution in [0.25, 0.3) is 0 Å². The maximum atomic E-state index is 4.43. The van der Waals surface area contributed by atoms with E-state index in [0.717, 1.165) is 28.8 Å². The Morgan fingerprint density at radius 3 is 2.72 bits per heavy atom. The van der Waals surface area contributed by atoms with Crippen LogP contribution in [0.3, 0.4) is 0 Å². The van der Waals surface area contributed by atoms with E-state index in [1.807, 2.05) is 44.2 Å². The molecule has 0 radical (unpaired) electrons. The number of hydrogen-bond acceptors (Lipinski definition) is 5. The topological polar surface area (TPSA) is 41.1 Å². The zero-order chi connectivity index (χ0) is 13.1. The van der Waals surface area contributed by atoms with Gasteiger partial charge >= 0.3 is 0 Å². The van der Waals surface area contributed by atoms with Crippen molar-refractivity contribution >= 4 is 22.8 Å². The molecule has 0 amide bonds. The van der Waals surface area contributed by atoms with Gasteiger partial charge in [0.15, 0.2) is 5.82 Å². The van der Waals surface area contributed by atoms with Crippen LogP contribution in [0.15, 0.2) is 18.3 Å². The summed E-state index contributed by atoms with van der Waals surface area (Å²) < 4.78 is 0. The highest BCUT2D eigenvalue weighted by molar-refractivity contribution is 7.11. The molecule has 2 rings (SSSR count). The molecule has 0 aliphatic heterocycles. The molecule has 0 saturated carbocycles. The average molecular weight is 262 g/mol. The highest BCUT2D eigenvalue weighted by Crippen LogP contribution is 2.23. The number of pyridine rings is 1. The largest absolute Gasteiger partial charge is 0.377 e. The Balaban J connectivity index is 2.13. The number of anilines is 2. The summed E-state index contributed by atoms with van der Waals surface area (Å²) in [5.74, 6) is 0.955. The van der Waals surface area contributed by atoms with Crippen molar-refractivity contribution < 1.29 is 0 Å². The summed E-state index contributed by atoms with van der Waals surface area (Å²) in [6.45, 7) is 4.89. The predicted molar refractivity (Wildman–Crippen MR) is 77.5 cm³/mol. The van der Waals surface area contributed by atoms with E-state index in [1.165, 1.54) is 4.88 Å². The first-order valence-electron chi connectivity index (χ1n) is 5.87. The normalized spacial score (nSPS) is 10.4. The van der Waals surface area contributed by atoms with Gasteiger partial charge in [-0.2, -0.15) is 0 Å². The van der Waals surface area contributed by atoms with Gasteiger partial charge in [-0.3, -0.25) is 0 Å². The quantitative estimate of drug-likeness (QED) is 0.920. The smallest absolute Gasteiger partial charge is 0.151 e. The van der Waals surface area contributed by atoms with Crippen molar-refractivity contribution in [1.82, 2.24) is 9.97 Å². The minimum atomic E-state index is 0.796. The number of hydrogen-bond donors (Lipinski definition) is 1. The Kier molecular flexibility index (Phi) is 3.81. The summed E-state index contributed by atoms with van der Waals surface area (Å²) in [6, 6.07) is 3.99. The van der Waals surface area contributed by atoms with E-state index < -0.39 is 0 Å². The first-order chi connectivity index (χ1) is 8.58. The molecule has 0 atom stereocenters. The van der Waals surface area contributed by atoms with Gasteiger partial charge in [0.05, 0.1) is 22.9 Å². The van der Waals surface area contributed by atoms with Crippen LogP contribution < -0.4 is 10.2 Å². The molecule has 5 heteroatoms. The summed E-state index contributed by atoms with van der Waals surface area (Å²) in [4.78, 5) is 12.1. The summed E-state index contributed by atoms with van der Waals surface area (Å²) in [6.07, 6.45) is 1.81. The SMILES string of the molecule is Cc1nc(C)c(CNc2cccnc2N(C)C)s1. The first-order valence-corrected chi connectivity index (χ1v) is 6.68. The Labute approximate surface area is 112 Å². The van der Waals surface area contributed by atoms with Crippen molar-refractivity contribution in [2.45, 2.75) is 20.4 Å². The predicted octanol–water partition coefficient (Wildman–Crippen LogP) is 2.83. The molecule has 4 nitrogen and oxygen atoms in total. The van der Waals surface area contributed by atoms with Crippen molar-refractivity contribution in [2.24, 2.45) is 0 Å². The molecule has 0 aliphatic rings. The molecule has 2 aromatic rings. The van der Waals surface area contributed by atoms with Gasteiger partial charge in [-0.05, 0) is 26.0 Å². The standard InChI is InChI=1S/C13H18N4S/c1-9-12(18-10(2)16-9)8-15-11-6-5-7-14-13(11)17(3)4/h5-7,15H,8H2,1-4H3. The van der Waals surface area contributed by atoms with E-state index in [4.69, 9.17) is 0 Å². The zero-order valence-corrected chi connectivity index (χ0v) is 12.0. The lowest BCUT2D eigenvalue weighted by Gasteiger charge is -2.16. The van der Waals surface area contributed by atoms with Crippen LogP contribution in [0.1, 0.15) is 15.6 Å². The van der Waals surface area contributed by atoms with E-state index in [1.54, 1.807) is 11.3 Å². The third-order valence-corrected chi connectivity index (χ3v) is 3.72. The van der Waals surface area contributed by atoms with Crippen LogP contribution in [-0.4, -0.2) is 24.1 Å². The monoisotopic (exact) mass is 262 g/mol. The number of nitrogens with one attached hydrogen (secondary N) is 1. The van der Waals surface area contributed by atoms with Gasteiger partial charge in [-0.1, -0.05) is 0 Å². The third kappa shape index (κ3) is 2.79. The lowest BCUT2D eigenvalue weighted by Crippen LogP contribution is -2.13. The van der Waals surface area contributed by atoms with E-state index in [2.05, 4.69) is 22.2 Å². The molecule has 0 unspecified atom stereocenters. The van der Waals surface area contributed by atoms with Crippen molar-refractivity contribution in [3.63, 3.8) is 0 Å². The highest BCUT2D eigenvalue weighted by Gasteiger charge is 2.08.